The molecule has 1 aliphatic carbocycles. The molecule has 34 heavy (non-hydrogen) atoms. The zero-order chi connectivity index (χ0) is 22.6. The molecule has 0 aliphatic heterocycles. The van der Waals surface area contributed by atoms with Gasteiger partial charge in [0.1, 0.15) is 22.4 Å². The maximum Gasteiger partial charge on any atom is 0.161 e. The summed E-state index contributed by atoms with van der Waals surface area (Å²) in [6.45, 7) is 4.52. The van der Waals surface area contributed by atoms with Gasteiger partial charge in [-0.15, -0.1) is 0 Å². The van der Waals surface area contributed by atoms with Gasteiger partial charge in [0.2, 0.25) is 0 Å². The second kappa shape index (κ2) is 6.00. The number of rotatable bonds is 1. The number of aromatic nitrogens is 1. The van der Waals surface area contributed by atoms with Crippen molar-refractivity contribution in [1.82, 2.24) is 4.57 Å². The molecule has 1 aliphatic rings. The molecule has 0 atom stereocenters. The van der Waals surface area contributed by atoms with Crippen molar-refractivity contribution in [3.8, 4) is 16.8 Å². The molecule has 162 valence electrons. The smallest absolute Gasteiger partial charge is 0.161 e. The van der Waals surface area contributed by atoms with Crippen molar-refractivity contribution in [2.75, 3.05) is 0 Å². The standard InChI is InChI=1S/C31H21NO2/c1-31(2)23-12-6-3-10-20(23)27-28-29(34-30(27)31)21-11-4-7-13-24(21)32(28)18-15-16-26-22(17-18)19-9-5-8-14-25(19)33-26/h3-17H,1-2H3. The Balaban J connectivity index is 1.54. The third kappa shape index (κ3) is 2.08. The molecule has 0 fully saturated rings. The van der Waals surface area contributed by atoms with Crippen LogP contribution < -0.4 is 0 Å². The molecule has 3 heteroatoms. The van der Waals surface area contributed by atoms with E-state index >= 15 is 0 Å². The van der Waals surface area contributed by atoms with E-state index in [2.05, 4.69) is 97.3 Å². The lowest BCUT2D eigenvalue weighted by atomic mass is 9.86. The summed E-state index contributed by atoms with van der Waals surface area (Å²) in [6.07, 6.45) is 0. The molecule has 0 radical (unpaired) electrons. The summed E-state index contributed by atoms with van der Waals surface area (Å²) < 4.78 is 15.2. The van der Waals surface area contributed by atoms with Crippen LogP contribution in [0.4, 0.5) is 0 Å². The predicted molar refractivity (Wildman–Crippen MR) is 138 cm³/mol. The highest BCUT2D eigenvalue weighted by Gasteiger charge is 2.42. The van der Waals surface area contributed by atoms with Crippen molar-refractivity contribution in [2.45, 2.75) is 19.3 Å². The minimum atomic E-state index is -0.179. The lowest BCUT2D eigenvalue weighted by Gasteiger charge is -2.18. The minimum absolute atomic E-state index is 0.179. The van der Waals surface area contributed by atoms with Gasteiger partial charge in [0.05, 0.1) is 5.52 Å². The number of hydrogen-bond acceptors (Lipinski definition) is 2. The van der Waals surface area contributed by atoms with Crippen LogP contribution in [0.1, 0.15) is 25.2 Å². The van der Waals surface area contributed by atoms with E-state index in [1.165, 1.54) is 16.7 Å². The fourth-order valence-electron chi connectivity index (χ4n) is 5.98. The number of nitrogens with zero attached hydrogens (tertiary/aromatic N) is 1. The van der Waals surface area contributed by atoms with Gasteiger partial charge in [-0.1, -0.05) is 54.6 Å². The maximum atomic E-state index is 6.73. The van der Waals surface area contributed by atoms with E-state index < -0.39 is 0 Å². The third-order valence-corrected chi connectivity index (χ3v) is 7.55. The van der Waals surface area contributed by atoms with Gasteiger partial charge in [0, 0.05) is 32.8 Å². The largest absolute Gasteiger partial charge is 0.457 e. The summed E-state index contributed by atoms with van der Waals surface area (Å²) in [5.74, 6) is 1.05. The van der Waals surface area contributed by atoms with Crippen LogP contribution in [-0.2, 0) is 5.41 Å². The fraction of sp³-hybridized carbons (Fsp3) is 0.0968. The van der Waals surface area contributed by atoms with Gasteiger partial charge in [-0.3, -0.25) is 0 Å². The number of hydrogen-bond donors (Lipinski definition) is 0. The van der Waals surface area contributed by atoms with Crippen LogP contribution in [0.2, 0.25) is 0 Å². The SMILES string of the molecule is CC1(C)c2ccccc2-c2c1oc1c3ccccc3n(-c3ccc4oc5ccccc5c4c3)c21. The van der Waals surface area contributed by atoms with Gasteiger partial charge < -0.3 is 13.4 Å². The molecule has 4 aromatic carbocycles. The quantitative estimate of drug-likeness (QED) is 0.256. The predicted octanol–water partition coefficient (Wildman–Crippen LogP) is 8.58. The fourth-order valence-corrected chi connectivity index (χ4v) is 5.98. The second-order valence-corrected chi connectivity index (χ2v) is 9.79. The summed E-state index contributed by atoms with van der Waals surface area (Å²) in [6, 6.07) is 32.0. The van der Waals surface area contributed by atoms with E-state index in [4.69, 9.17) is 8.83 Å². The molecule has 0 bridgehead atoms. The van der Waals surface area contributed by atoms with E-state index in [-0.39, 0.29) is 5.41 Å². The van der Waals surface area contributed by atoms with Crippen LogP contribution in [0.3, 0.4) is 0 Å². The van der Waals surface area contributed by atoms with Gasteiger partial charge in [-0.05, 0) is 61.4 Å². The van der Waals surface area contributed by atoms with Crippen LogP contribution in [0, 0.1) is 0 Å². The summed E-state index contributed by atoms with van der Waals surface area (Å²) >= 11 is 0. The van der Waals surface area contributed by atoms with Crippen LogP contribution in [0.5, 0.6) is 0 Å². The molecule has 0 N–H and O–H groups in total. The maximum absolute atomic E-state index is 6.73. The Kier molecular flexibility index (Phi) is 3.22. The van der Waals surface area contributed by atoms with Crippen molar-refractivity contribution in [3.63, 3.8) is 0 Å². The topological polar surface area (TPSA) is 31.2 Å². The molecule has 0 amide bonds. The first kappa shape index (κ1) is 18.2. The Bertz CT molecular complexity index is 1940. The minimum Gasteiger partial charge on any atom is -0.457 e. The molecule has 0 saturated heterocycles. The Hall–Kier alpha value is -4.24. The molecule has 3 aromatic heterocycles. The van der Waals surface area contributed by atoms with Crippen molar-refractivity contribution in [2.24, 2.45) is 0 Å². The average Bonchev–Trinajstić information content (AvgIpc) is 3.56. The number of fused-ring (bicyclic) bond motifs is 10. The van der Waals surface area contributed by atoms with Crippen LogP contribution in [0.25, 0.3) is 60.8 Å². The van der Waals surface area contributed by atoms with E-state index in [1.54, 1.807) is 0 Å². The normalized spacial score (nSPS) is 14.4. The van der Waals surface area contributed by atoms with Gasteiger partial charge in [0.25, 0.3) is 0 Å². The molecule has 8 rings (SSSR count). The van der Waals surface area contributed by atoms with Crippen LogP contribution in [-0.4, -0.2) is 4.57 Å². The Morgan fingerprint density at radius 2 is 1.41 bits per heavy atom. The first-order valence-electron chi connectivity index (χ1n) is 11.7. The van der Waals surface area contributed by atoms with E-state index in [0.29, 0.717) is 0 Å². The van der Waals surface area contributed by atoms with E-state index in [1.807, 2.05) is 12.1 Å². The Labute approximate surface area is 195 Å². The summed E-state index contributed by atoms with van der Waals surface area (Å²) in [5.41, 5.74) is 9.79. The average molecular weight is 440 g/mol. The zero-order valence-electron chi connectivity index (χ0n) is 18.9. The van der Waals surface area contributed by atoms with Crippen molar-refractivity contribution >= 4 is 43.9 Å². The van der Waals surface area contributed by atoms with E-state index in [9.17, 15) is 0 Å². The molecule has 0 spiro atoms. The first-order valence-corrected chi connectivity index (χ1v) is 11.7. The van der Waals surface area contributed by atoms with E-state index in [0.717, 1.165) is 55.4 Å². The monoisotopic (exact) mass is 439 g/mol. The summed E-state index contributed by atoms with van der Waals surface area (Å²) in [4.78, 5) is 0. The Morgan fingerprint density at radius 1 is 0.676 bits per heavy atom. The highest BCUT2D eigenvalue weighted by molar-refractivity contribution is 6.14. The van der Waals surface area contributed by atoms with Gasteiger partial charge >= 0.3 is 0 Å². The Morgan fingerprint density at radius 3 is 2.32 bits per heavy atom. The molecule has 0 saturated carbocycles. The van der Waals surface area contributed by atoms with Crippen molar-refractivity contribution < 1.29 is 8.83 Å². The summed E-state index contributed by atoms with van der Waals surface area (Å²) in [5, 5.41) is 3.40. The molecule has 3 nitrogen and oxygen atoms in total. The van der Waals surface area contributed by atoms with Gasteiger partial charge in [-0.25, -0.2) is 0 Å². The zero-order valence-corrected chi connectivity index (χ0v) is 18.9. The molecular weight excluding hydrogens is 418 g/mol. The lowest BCUT2D eigenvalue weighted by Crippen LogP contribution is -2.14. The highest BCUT2D eigenvalue weighted by atomic mass is 16.3. The summed E-state index contributed by atoms with van der Waals surface area (Å²) in [7, 11) is 0. The molecule has 0 unspecified atom stereocenters. The molecule has 7 aromatic rings. The van der Waals surface area contributed by atoms with Crippen molar-refractivity contribution in [1.29, 1.82) is 0 Å². The van der Waals surface area contributed by atoms with Crippen LogP contribution >= 0.6 is 0 Å². The van der Waals surface area contributed by atoms with Crippen molar-refractivity contribution in [3.05, 3.63) is 102 Å². The molecular formula is C31H21NO2. The van der Waals surface area contributed by atoms with Gasteiger partial charge in [0.15, 0.2) is 5.58 Å². The van der Waals surface area contributed by atoms with Crippen LogP contribution in [0.15, 0.2) is 99.8 Å². The number of benzene rings is 4. The second-order valence-electron chi connectivity index (χ2n) is 9.79. The highest BCUT2D eigenvalue weighted by Crippen LogP contribution is 2.54. The number of furan rings is 2. The number of para-hydroxylation sites is 2. The molecule has 3 heterocycles. The lowest BCUT2D eigenvalue weighted by molar-refractivity contribution is 0.466. The first-order chi connectivity index (χ1) is 16.6. The third-order valence-electron chi connectivity index (χ3n) is 7.55. The van der Waals surface area contributed by atoms with Gasteiger partial charge in [-0.2, -0.15) is 0 Å².